The zero-order valence-electron chi connectivity index (χ0n) is 12.6. The van der Waals surface area contributed by atoms with Crippen LogP contribution < -0.4 is 0 Å². The van der Waals surface area contributed by atoms with Crippen molar-refractivity contribution in [2.45, 2.75) is 44.9 Å². The normalized spacial score (nSPS) is 46.9. The number of rotatable bonds is 3. The Labute approximate surface area is 122 Å². The molecule has 5 aliphatic rings. The lowest BCUT2D eigenvalue weighted by Gasteiger charge is -2.57. The standard InChI is InChI=1S/C17H27NO2/c1-20-16(19)15-2-3-18(10-15)11-17-7-12-4-13(8-17)6-14(5-12)9-17/h12-15H,2-11H2,1H3. The first-order valence-corrected chi connectivity index (χ1v) is 8.46. The summed E-state index contributed by atoms with van der Waals surface area (Å²) in [6, 6.07) is 0. The predicted molar refractivity (Wildman–Crippen MR) is 77.2 cm³/mol. The molecule has 3 nitrogen and oxygen atoms in total. The van der Waals surface area contributed by atoms with Gasteiger partial charge < -0.3 is 9.64 Å². The highest BCUT2D eigenvalue weighted by Crippen LogP contribution is 2.60. The quantitative estimate of drug-likeness (QED) is 0.743. The molecule has 1 heterocycles. The molecule has 0 N–H and O–H groups in total. The second-order valence-corrected chi connectivity index (χ2v) is 8.16. The maximum absolute atomic E-state index is 11.7. The summed E-state index contributed by atoms with van der Waals surface area (Å²) in [5.41, 5.74) is 0.611. The first kappa shape index (κ1) is 13.1. The molecule has 0 amide bonds. The molecule has 1 aliphatic heterocycles. The number of carbonyl (C=O) groups is 1. The van der Waals surface area contributed by atoms with Crippen LogP contribution in [-0.4, -0.2) is 37.6 Å². The van der Waals surface area contributed by atoms with Crippen LogP contribution >= 0.6 is 0 Å². The van der Waals surface area contributed by atoms with E-state index >= 15 is 0 Å². The molecule has 0 aromatic rings. The van der Waals surface area contributed by atoms with Gasteiger partial charge in [0.2, 0.25) is 0 Å². The number of nitrogens with zero attached hydrogens (tertiary/aromatic N) is 1. The molecular formula is C17H27NO2. The highest BCUT2D eigenvalue weighted by Gasteiger charge is 2.51. The van der Waals surface area contributed by atoms with Gasteiger partial charge >= 0.3 is 5.97 Å². The Kier molecular flexibility index (Phi) is 3.10. The fraction of sp³-hybridized carbons (Fsp3) is 0.941. The van der Waals surface area contributed by atoms with Gasteiger partial charge in [0.15, 0.2) is 0 Å². The van der Waals surface area contributed by atoms with E-state index in [0.29, 0.717) is 5.41 Å². The lowest BCUT2D eigenvalue weighted by molar-refractivity contribution is -0.145. The average molecular weight is 277 g/mol. The molecule has 4 bridgehead atoms. The summed E-state index contributed by atoms with van der Waals surface area (Å²) in [6.45, 7) is 3.29. The van der Waals surface area contributed by atoms with Crippen molar-refractivity contribution in [3.63, 3.8) is 0 Å². The summed E-state index contributed by atoms with van der Waals surface area (Å²) in [6.07, 6.45) is 9.96. The van der Waals surface area contributed by atoms with Gasteiger partial charge in [0.1, 0.15) is 0 Å². The molecule has 1 unspecified atom stereocenters. The van der Waals surface area contributed by atoms with Gasteiger partial charge in [-0.25, -0.2) is 0 Å². The molecular weight excluding hydrogens is 250 g/mol. The van der Waals surface area contributed by atoms with E-state index in [1.807, 2.05) is 0 Å². The zero-order valence-corrected chi connectivity index (χ0v) is 12.6. The van der Waals surface area contributed by atoms with E-state index in [-0.39, 0.29) is 11.9 Å². The average Bonchev–Trinajstić information content (AvgIpc) is 2.83. The van der Waals surface area contributed by atoms with E-state index in [4.69, 9.17) is 4.74 Å². The van der Waals surface area contributed by atoms with E-state index in [1.54, 1.807) is 0 Å². The van der Waals surface area contributed by atoms with Gasteiger partial charge in [0, 0.05) is 13.1 Å². The summed E-state index contributed by atoms with van der Waals surface area (Å²) in [5.74, 6) is 3.22. The van der Waals surface area contributed by atoms with Gasteiger partial charge in [-0.15, -0.1) is 0 Å². The van der Waals surface area contributed by atoms with E-state index in [2.05, 4.69) is 4.90 Å². The molecule has 3 heteroatoms. The molecule has 112 valence electrons. The highest BCUT2D eigenvalue weighted by molar-refractivity contribution is 5.72. The minimum atomic E-state index is -0.00184. The van der Waals surface area contributed by atoms with Crippen molar-refractivity contribution in [1.82, 2.24) is 4.90 Å². The van der Waals surface area contributed by atoms with Crippen LogP contribution in [0, 0.1) is 29.1 Å². The number of methoxy groups -OCH3 is 1. The van der Waals surface area contributed by atoms with Crippen LogP contribution in [-0.2, 0) is 9.53 Å². The van der Waals surface area contributed by atoms with Crippen LogP contribution in [0.3, 0.4) is 0 Å². The first-order valence-electron chi connectivity index (χ1n) is 8.46. The Morgan fingerprint density at radius 3 is 2.30 bits per heavy atom. The van der Waals surface area contributed by atoms with Gasteiger partial charge in [-0.05, 0) is 74.7 Å². The largest absolute Gasteiger partial charge is 0.469 e. The molecule has 5 rings (SSSR count). The predicted octanol–water partition coefficient (Wildman–Crippen LogP) is 2.70. The number of hydrogen-bond acceptors (Lipinski definition) is 3. The van der Waals surface area contributed by atoms with E-state index in [1.165, 1.54) is 52.2 Å². The summed E-state index contributed by atoms with van der Waals surface area (Å²) in [4.78, 5) is 14.2. The van der Waals surface area contributed by atoms with Crippen LogP contribution in [0.2, 0.25) is 0 Å². The molecule has 0 aromatic carbocycles. The van der Waals surface area contributed by atoms with Crippen molar-refractivity contribution < 1.29 is 9.53 Å². The maximum atomic E-state index is 11.7. The number of ether oxygens (including phenoxy) is 1. The van der Waals surface area contributed by atoms with Crippen molar-refractivity contribution >= 4 is 5.97 Å². The third-order valence-corrected chi connectivity index (χ3v) is 6.53. The SMILES string of the molecule is COC(=O)C1CCN(CC23CC4CC(CC(C4)C2)C3)C1. The van der Waals surface area contributed by atoms with Crippen LogP contribution in [0.5, 0.6) is 0 Å². The summed E-state index contributed by atoms with van der Waals surface area (Å²) < 4.78 is 4.91. The second kappa shape index (κ2) is 4.72. The van der Waals surface area contributed by atoms with Crippen molar-refractivity contribution in [2.75, 3.05) is 26.7 Å². The third-order valence-electron chi connectivity index (χ3n) is 6.53. The summed E-state index contributed by atoms with van der Waals surface area (Å²) in [7, 11) is 1.52. The Morgan fingerprint density at radius 2 is 1.75 bits per heavy atom. The Bertz CT molecular complexity index is 371. The lowest BCUT2D eigenvalue weighted by Crippen LogP contribution is -2.51. The third kappa shape index (κ3) is 2.18. The van der Waals surface area contributed by atoms with Crippen molar-refractivity contribution in [3.8, 4) is 0 Å². The number of hydrogen-bond donors (Lipinski definition) is 0. The van der Waals surface area contributed by atoms with Gasteiger partial charge in [-0.2, -0.15) is 0 Å². The fourth-order valence-corrected chi connectivity index (χ4v) is 6.29. The smallest absolute Gasteiger partial charge is 0.310 e. The zero-order chi connectivity index (χ0) is 13.7. The van der Waals surface area contributed by atoms with Gasteiger partial charge in [0.05, 0.1) is 13.0 Å². The van der Waals surface area contributed by atoms with E-state index in [9.17, 15) is 4.79 Å². The fourth-order valence-electron chi connectivity index (χ4n) is 6.29. The molecule has 20 heavy (non-hydrogen) atoms. The molecule has 0 spiro atoms. The molecule has 4 aliphatic carbocycles. The second-order valence-electron chi connectivity index (χ2n) is 8.16. The van der Waals surface area contributed by atoms with Crippen LogP contribution in [0.1, 0.15) is 44.9 Å². The van der Waals surface area contributed by atoms with Crippen LogP contribution in [0.15, 0.2) is 0 Å². The minimum Gasteiger partial charge on any atom is -0.469 e. The highest BCUT2D eigenvalue weighted by atomic mass is 16.5. The molecule has 0 aromatic heterocycles. The Morgan fingerprint density at radius 1 is 1.15 bits per heavy atom. The minimum absolute atomic E-state index is 0.00184. The van der Waals surface area contributed by atoms with Crippen LogP contribution in [0.25, 0.3) is 0 Å². The summed E-state index contributed by atoms with van der Waals surface area (Å²) >= 11 is 0. The van der Waals surface area contributed by atoms with E-state index < -0.39 is 0 Å². The summed E-state index contributed by atoms with van der Waals surface area (Å²) in [5, 5.41) is 0. The van der Waals surface area contributed by atoms with Gasteiger partial charge in [0.25, 0.3) is 0 Å². The van der Waals surface area contributed by atoms with E-state index in [0.717, 1.165) is 37.3 Å². The molecule has 5 fully saturated rings. The topological polar surface area (TPSA) is 29.5 Å². The molecule has 1 atom stereocenters. The number of esters is 1. The van der Waals surface area contributed by atoms with Crippen LogP contribution in [0.4, 0.5) is 0 Å². The lowest BCUT2D eigenvalue weighted by atomic mass is 9.49. The van der Waals surface area contributed by atoms with Gasteiger partial charge in [-0.3, -0.25) is 4.79 Å². The molecule has 0 radical (unpaired) electrons. The molecule has 1 saturated heterocycles. The van der Waals surface area contributed by atoms with Crippen molar-refractivity contribution in [1.29, 1.82) is 0 Å². The van der Waals surface area contributed by atoms with Gasteiger partial charge in [-0.1, -0.05) is 0 Å². The Hall–Kier alpha value is -0.570. The van der Waals surface area contributed by atoms with Crippen molar-refractivity contribution in [3.05, 3.63) is 0 Å². The van der Waals surface area contributed by atoms with Crippen molar-refractivity contribution in [2.24, 2.45) is 29.1 Å². The first-order chi connectivity index (χ1) is 9.66. The Balaban J connectivity index is 1.41. The molecule has 4 saturated carbocycles. The monoisotopic (exact) mass is 277 g/mol. The number of carbonyl (C=O) groups excluding carboxylic acids is 1. The number of likely N-dealkylation sites (tertiary alicyclic amines) is 1. The maximum Gasteiger partial charge on any atom is 0.310 e.